The Hall–Kier alpha value is -2.17. The van der Waals surface area contributed by atoms with E-state index in [1.54, 1.807) is 17.5 Å². The predicted octanol–water partition coefficient (Wildman–Crippen LogP) is 6.11. The number of hydrogen-bond acceptors (Lipinski definition) is 4. The van der Waals surface area contributed by atoms with Gasteiger partial charge < -0.3 is 4.74 Å². The fourth-order valence-corrected chi connectivity index (χ4v) is 4.36. The van der Waals surface area contributed by atoms with Crippen LogP contribution in [0.5, 0.6) is 5.88 Å². The van der Waals surface area contributed by atoms with Crippen molar-refractivity contribution in [3.8, 4) is 16.3 Å². The number of benzene rings is 1. The highest BCUT2D eigenvalue weighted by Gasteiger charge is 2.23. The summed E-state index contributed by atoms with van der Waals surface area (Å²) >= 11 is 8.01. The molecule has 3 nitrogen and oxygen atoms in total. The summed E-state index contributed by atoms with van der Waals surface area (Å²) in [6.07, 6.45) is 8.16. The minimum Gasteiger partial charge on any atom is -0.474 e. The zero-order chi connectivity index (χ0) is 18.3. The van der Waals surface area contributed by atoms with Gasteiger partial charge >= 0.3 is 0 Å². The lowest BCUT2D eigenvalue weighted by molar-refractivity contribution is 0.233. The standard InChI is InChI=1S/C21H19ClN2OS/c1-12(2)25-20-18(22)9-14(10-23-20)19-11-24-21(26-19)17-8-7-15-13(3)5-4-6-16(15)17/h4-12,17H,1-3H3/t17-/m1/s1. The monoisotopic (exact) mass is 382 g/mol. The highest BCUT2D eigenvalue weighted by Crippen LogP contribution is 2.40. The number of aromatic nitrogens is 2. The van der Waals surface area contributed by atoms with E-state index in [4.69, 9.17) is 16.3 Å². The molecular weight excluding hydrogens is 364 g/mol. The number of aryl methyl sites for hydroxylation is 1. The molecule has 1 aliphatic carbocycles. The summed E-state index contributed by atoms with van der Waals surface area (Å²) in [6.45, 7) is 6.05. The molecule has 132 valence electrons. The minimum atomic E-state index is 0.0403. The van der Waals surface area contributed by atoms with Gasteiger partial charge in [0.2, 0.25) is 5.88 Å². The van der Waals surface area contributed by atoms with Crippen LogP contribution in [-0.4, -0.2) is 16.1 Å². The third kappa shape index (κ3) is 3.15. The summed E-state index contributed by atoms with van der Waals surface area (Å²) in [7, 11) is 0. The van der Waals surface area contributed by atoms with Gasteiger partial charge in [0.05, 0.1) is 16.9 Å². The number of pyridine rings is 1. The molecule has 0 N–H and O–H groups in total. The van der Waals surface area contributed by atoms with Gasteiger partial charge in [0.15, 0.2) is 0 Å². The van der Waals surface area contributed by atoms with E-state index in [1.807, 2.05) is 26.1 Å². The Morgan fingerprint density at radius 2 is 2.04 bits per heavy atom. The van der Waals surface area contributed by atoms with Gasteiger partial charge in [0.25, 0.3) is 0 Å². The molecule has 1 aromatic carbocycles. The van der Waals surface area contributed by atoms with E-state index in [0.29, 0.717) is 10.9 Å². The molecule has 5 heteroatoms. The highest BCUT2D eigenvalue weighted by molar-refractivity contribution is 7.15. The predicted molar refractivity (Wildman–Crippen MR) is 108 cm³/mol. The van der Waals surface area contributed by atoms with E-state index < -0.39 is 0 Å². The van der Waals surface area contributed by atoms with Crippen LogP contribution in [0.4, 0.5) is 0 Å². The van der Waals surface area contributed by atoms with Gasteiger partial charge in [-0.3, -0.25) is 0 Å². The molecule has 0 aliphatic heterocycles. The van der Waals surface area contributed by atoms with E-state index in [9.17, 15) is 0 Å². The van der Waals surface area contributed by atoms with Crippen molar-refractivity contribution >= 4 is 29.0 Å². The molecule has 4 rings (SSSR count). The summed E-state index contributed by atoms with van der Waals surface area (Å²) in [5.74, 6) is 0.689. The Morgan fingerprint density at radius 1 is 1.19 bits per heavy atom. The lowest BCUT2D eigenvalue weighted by Crippen LogP contribution is -2.07. The third-order valence-electron chi connectivity index (χ3n) is 4.38. The molecular formula is C21H19ClN2OS. The molecule has 0 radical (unpaired) electrons. The van der Waals surface area contributed by atoms with Crippen LogP contribution >= 0.6 is 22.9 Å². The minimum absolute atomic E-state index is 0.0403. The molecule has 0 bridgehead atoms. The number of allylic oxidation sites excluding steroid dienone is 1. The quantitative estimate of drug-likeness (QED) is 0.545. The van der Waals surface area contributed by atoms with E-state index in [1.165, 1.54) is 16.7 Å². The highest BCUT2D eigenvalue weighted by atomic mass is 35.5. The third-order valence-corrected chi connectivity index (χ3v) is 5.78. The van der Waals surface area contributed by atoms with Crippen molar-refractivity contribution in [1.82, 2.24) is 9.97 Å². The average Bonchev–Trinajstić information content (AvgIpc) is 3.23. The smallest absolute Gasteiger partial charge is 0.232 e. The van der Waals surface area contributed by atoms with E-state index in [2.05, 4.69) is 47.2 Å². The van der Waals surface area contributed by atoms with Crippen LogP contribution in [0.1, 0.15) is 41.5 Å². The van der Waals surface area contributed by atoms with Crippen molar-refractivity contribution in [2.45, 2.75) is 32.8 Å². The Kier molecular flexibility index (Phi) is 4.55. The molecule has 3 aromatic rings. The number of fused-ring (bicyclic) bond motifs is 1. The zero-order valence-electron chi connectivity index (χ0n) is 14.9. The van der Waals surface area contributed by atoms with Crippen LogP contribution in [0.25, 0.3) is 16.5 Å². The summed E-state index contributed by atoms with van der Waals surface area (Å²) in [6, 6.07) is 8.34. The number of nitrogens with zero attached hydrogens (tertiary/aromatic N) is 2. The molecule has 1 aliphatic rings. The second-order valence-electron chi connectivity index (χ2n) is 6.65. The van der Waals surface area contributed by atoms with Crippen LogP contribution in [0, 0.1) is 6.92 Å². The number of hydrogen-bond donors (Lipinski definition) is 0. The molecule has 2 heterocycles. The molecule has 0 saturated heterocycles. The first-order valence-corrected chi connectivity index (χ1v) is 9.78. The molecule has 0 unspecified atom stereocenters. The van der Waals surface area contributed by atoms with Crippen molar-refractivity contribution in [3.05, 3.63) is 69.5 Å². The molecule has 0 spiro atoms. The fourth-order valence-electron chi connectivity index (χ4n) is 3.15. The Labute approximate surface area is 162 Å². The second kappa shape index (κ2) is 6.86. The first-order valence-electron chi connectivity index (χ1n) is 8.59. The van der Waals surface area contributed by atoms with Crippen LogP contribution in [-0.2, 0) is 0 Å². The summed E-state index contributed by atoms with van der Waals surface area (Å²) in [5.41, 5.74) is 4.90. The van der Waals surface area contributed by atoms with Gasteiger partial charge in [-0.1, -0.05) is 42.0 Å². The number of rotatable bonds is 4. The summed E-state index contributed by atoms with van der Waals surface area (Å²) in [5, 5.41) is 1.60. The van der Waals surface area contributed by atoms with E-state index in [-0.39, 0.29) is 12.0 Å². The van der Waals surface area contributed by atoms with Crippen LogP contribution in [0.2, 0.25) is 5.02 Å². The number of halogens is 1. The lowest BCUT2D eigenvalue weighted by Gasteiger charge is -2.10. The first-order chi connectivity index (χ1) is 12.5. The van der Waals surface area contributed by atoms with Gasteiger partial charge in [-0.05, 0) is 43.5 Å². The zero-order valence-corrected chi connectivity index (χ0v) is 16.4. The van der Waals surface area contributed by atoms with Crippen molar-refractivity contribution in [1.29, 1.82) is 0 Å². The largest absolute Gasteiger partial charge is 0.474 e. The summed E-state index contributed by atoms with van der Waals surface area (Å²) < 4.78 is 5.61. The number of thiazole rings is 1. The fraction of sp³-hybridized carbons (Fsp3) is 0.238. The van der Waals surface area contributed by atoms with Crippen molar-refractivity contribution in [3.63, 3.8) is 0 Å². The lowest BCUT2D eigenvalue weighted by atomic mass is 9.98. The van der Waals surface area contributed by atoms with Crippen molar-refractivity contribution in [2.24, 2.45) is 0 Å². The van der Waals surface area contributed by atoms with Crippen LogP contribution in [0.3, 0.4) is 0 Å². The average molecular weight is 383 g/mol. The molecule has 2 aromatic heterocycles. The molecule has 0 saturated carbocycles. The second-order valence-corrected chi connectivity index (χ2v) is 8.12. The summed E-state index contributed by atoms with van der Waals surface area (Å²) in [4.78, 5) is 10.1. The molecule has 1 atom stereocenters. The van der Waals surface area contributed by atoms with Gasteiger partial charge in [0.1, 0.15) is 10.0 Å². The first kappa shape index (κ1) is 17.3. The maximum atomic E-state index is 6.33. The molecule has 26 heavy (non-hydrogen) atoms. The Bertz CT molecular complexity index is 993. The van der Waals surface area contributed by atoms with Gasteiger partial charge in [-0.25, -0.2) is 9.97 Å². The number of ether oxygens (including phenoxy) is 1. The topological polar surface area (TPSA) is 35.0 Å². The maximum Gasteiger partial charge on any atom is 0.232 e. The van der Waals surface area contributed by atoms with E-state index in [0.717, 1.165) is 15.4 Å². The van der Waals surface area contributed by atoms with Crippen LogP contribution < -0.4 is 4.74 Å². The SMILES string of the molecule is Cc1cccc2c1C=C[C@H]2c1ncc(-c2cnc(OC(C)C)c(Cl)c2)s1. The Balaban J connectivity index is 1.63. The normalized spacial score (nSPS) is 15.5. The Morgan fingerprint density at radius 3 is 2.81 bits per heavy atom. The molecule has 0 amide bonds. The van der Waals surface area contributed by atoms with Gasteiger partial charge in [0, 0.05) is 18.0 Å². The van der Waals surface area contributed by atoms with Crippen molar-refractivity contribution < 1.29 is 4.74 Å². The van der Waals surface area contributed by atoms with Gasteiger partial charge in [-0.15, -0.1) is 11.3 Å². The maximum absolute atomic E-state index is 6.33. The van der Waals surface area contributed by atoms with Crippen LogP contribution in [0.15, 0.2) is 42.7 Å². The van der Waals surface area contributed by atoms with Gasteiger partial charge in [-0.2, -0.15) is 0 Å². The molecule has 0 fully saturated rings. The van der Waals surface area contributed by atoms with E-state index >= 15 is 0 Å². The van der Waals surface area contributed by atoms with Crippen molar-refractivity contribution in [2.75, 3.05) is 0 Å².